The minimum atomic E-state index is -0.484. The third kappa shape index (κ3) is 4.72. The second kappa shape index (κ2) is 8.33. The Morgan fingerprint density at radius 3 is 2.56 bits per heavy atom. The summed E-state index contributed by atoms with van der Waals surface area (Å²) in [5.74, 6) is -0.171. The van der Waals surface area contributed by atoms with E-state index in [1.54, 1.807) is 0 Å². The van der Waals surface area contributed by atoms with Gasteiger partial charge in [-0.1, -0.05) is 30.3 Å². The van der Waals surface area contributed by atoms with Gasteiger partial charge in [0.05, 0.1) is 0 Å². The Labute approximate surface area is 160 Å². The van der Waals surface area contributed by atoms with Crippen LogP contribution in [0.25, 0.3) is 0 Å². The molecule has 0 bridgehead atoms. The van der Waals surface area contributed by atoms with E-state index in [0.29, 0.717) is 13.0 Å². The van der Waals surface area contributed by atoms with Gasteiger partial charge in [-0.05, 0) is 65.3 Å². The molecule has 1 saturated heterocycles. The highest BCUT2D eigenvalue weighted by atomic mass is 127. The summed E-state index contributed by atoms with van der Waals surface area (Å²) in [5.41, 5.74) is 1.66. The van der Waals surface area contributed by atoms with Crippen molar-refractivity contribution in [1.82, 2.24) is 4.90 Å². The zero-order valence-corrected chi connectivity index (χ0v) is 15.8. The first-order valence-electron chi connectivity index (χ1n) is 8.17. The first-order chi connectivity index (χ1) is 12.1. The second-order valence-electron chi connectivity index (χ2n) is 5.89. The molecule has 130 valence electrons. The first kappa shape index (κ1) is 17.7. The van der Waals surface area contributed by atoms with Gasteiger partial charge in [-0.2, -0.15) is 0 Å². The van der Waals surface area contributed by atoms with Crippen LogP contribution in [0.1, 0.15) is 18.4 Å². The van der Waals surface area contributed by atoms with E-state index in [4.69, 9.17) is 4.74 Å². The molecular weight excluding hydrogens is 431 g/mol. The number of hydrogen-bond acceptors (Lipinski definition) is 3. The number of nitrogens with zero attached hydrogens (tertiary/aromatic N) is 1. The highest BCUT2D eigenvalue weighted by Gasteiger charge is 2.35. The van der Waals surface area contributed by atoms with Crippen LogP contribution in [0.15, 0.2) is 54.6 Å². The number of likely N-dealkylation sites (tertiary alicyclic amines) is 1. The number of rotatable bonds is 4. The minimum Gasteiger partial charge on any atom is -0.445 e. The summed E-state index contributed by atoms with van der Waals surface area (Å²) in [4.78, 5) is 26.4. The molecule has 0 spiro atoms. The molecule has 1 atom stereocenters. The molecule has 3 rings (SSSR count). The van der Waals surface area contributed by atoms with Crippen molar-refractivity contribution in [3.8, 4) is 0 Å². The van der Waals surface area contributed by atoms with Crippen molar-refractivity contribution < 1.29 is 14.3 Å². The van der Waals surface area contributed by atoms with Gasteiger partial charge in [-0.25, -0.2) is 4.79 Å². The standard InChI is InChI=1S/C19H19IN2O3/c20-15-8-10-16(11-9-15)21-18(23)17-7-4-12-22(17)19(24)25-13-14-5-2-1-3-6-14/h1-3,5-6,8-11,17H,4,7,12-13H2,(H,21,23)/t17-/m0/s1. The largest absolute Gasteiger partial charge is 0.445 e. The Balaban J connectivity index is 1.58. The van der Waals surface area contributed by atoms with E-state index >= 15 is 0 Å². The topological polar surface area (TPSA) is 58.6 Å². The van der Waals surface area contributed by atoms with E-state index in [9.17, 15) is 9.59 Å². The fourth-order valence-electron chi connectivity index (χ4n) is 2.82. The molecule has 0 aromatic heterocycles. The van der Waals surface area contributed by atoms with Crippen LogP contribution in [-0.2, 0) is 16.1 Å². The predicted molar refractivity (Wildman–Crippen MR) is 104 cm³/mol. The summed E-state index contributed by atoms with van der Waals surface area (Å²) < 4.78 is 6.46. The molecule has 0 saturated carbocycles. The van der Waals surface area contributed by atoms with Crippen LogP contribution < -0.4 is 5.32 Å². The summed E-state index contributed by atoms with van der Waals surface area (Å²) in [6.45, 7) is 0.750. The lowest BCUT2D eigenvalue weighted by atomic mass is 10.2. The average molecular weight is 450 g/mol. The lowest BCUT2D eigenvalue weighted by Crippen LogP contribution is -2.43. The molecule has 5 nitrogen and oxygen atoms in total. The van der Waals surface area contributed by atoms with Crippen LogP contribution in [0.5, 0.6) is 0 Å². The molecule has 0 aliphatic carbocycles. The maximum absolute atomic E-state index is 12.5. The summed E-state index contributed by atoms with van der Waals surface area (Å²) in [7, 11) is 0. The Morgan fingerprint density at radius 1 is 1.12 bits per heavy atom. The van der Waals surface area contributed by atoms with Gasteiger partial charge in [-0.3, -0.25) is 9.69 Å². The van der Waals surface area contributed by atoms with E-state index < -0.39 is 12.1 Å². The van der Waals surface area contributed by atoms with Crippen molar-refractivity contribution >= 4 is 40.3 Å². The zero-order valence-electron chi connectivity index (χ0n) is 13.7. The Morgan fingerprint density at radius 2 is 1.84 bits per heavy atom. The number of halogens is 1. The monoisotopic (exact) mass is 450 g/mol. The number of carbonyl (C=O) groups excluding carboxylic acids is 2. The zero-order chi connectivity index (χ0) is 17.6. The number of nitrogens with one attached hydrogen (secondary N) is 1. The van der Waals surface area contributed by atoms with E-state index in [2.05, 4.69) is 27.9 Å². The maximum atomic E-state index is 12.5. The smallest absolute Gasteiger partial charge is 0.410 e. The molecule has 1 aliphatic rings. The Bertz CT molecular complexity index is 734. The third-order valence-electron chi connectivity index (χ3n) is 4.11. The molecule has 0 unspecified atom stereocenters. The first-order valence-corrected chi connectivity index (χ1v) is 9.25. The highest BCUT2D eigenvalue weighted by molar-refractivity contribution is 14.1. The molecule has 1 fully saturated rings. The van der Waals surface area contributed by atoms with Gasteiger partial charge < -0.3 is 10.1 Å². The summed E-state index contributed by atoms with van der Waals surface area (Å²) >= 11 is 2.21. The van der Waals surface area contributed by atoms with Crippen LogP contribution in [0.3, 0.4) is 0 Å². The summed E-state index contributed by atoms with van der Waals surface area (Å²) in [5, 5.41) is 2.88. The lowest BCUT2D eigenvalue weighted by molar-refractivity contribution is -0.120. The van der Waals surface area contributed by atoms with Crippen molar-refractivity contribution in [2.45, 2.75) is 25.5 Å². The van der Waals surface area contributed by atoms with E-state index in [1.165, 1.54) is 4.90 Å². The van der Waals surface area contributed by atoms with Gasteiger partial charge in [0.1, 0.15) is 12.6 Å². The minimum absolute atomic E-state index is 0.171. The Hall–Kier alpha value is -2.09. The molecule has 25 heavy (non-hydrogen) atoms. The van der Waals surface area contributed by atoms with Gasteiger partial charge in [0.25, 0.3) is 0 Å². The van der Waals surface area contributed by atoms with Gasteiger partial charge >= 0.3 is 6.09 Å². The quantitative estimate of drug-likeness (QED) is 0.716. The average Bonchev–Trinajstić information content (AvgIpc) is 3.12. The normalized spacial score (nSPS) is 16.5. The summed E-state index contributed by atoms with van der Waals surface area (Å²) in [6, 6.07) is 16.6. The third-order valence-corrected chi connectivity index (χ3v) is 4.83. The fourth-order valence-corrected chi connectivity index (χ4v) is 3.18. The molecule has 0 radical (unpaired) electrons. The molecule has 1 N–H and O–H groups in total. The molecule has 1 heterocycles. The van der Waals surface area contributed by atoms with Crippen molar-refractivity contribution in [3.05, 3.63) is 63.7 Å². The number of carbonyl (C=O) groups is 2. The van der Waals surface area contributed by atoms with Crippen LogP contribution in [-0.4, -0.2) is 29.5 Å². The molecule has 2 aromatic rings. The number of benzene rings is 2. The molecule has 2 amide bonds. The lowest BCUT2D eigenvalue weighted by Gasteiger charge is -2.23. The molecule has 1 aliphatic heterocycles. The molecule has 6 heteroatoms. The van der Waals surface area contributed by atoms with Crippen molar-refractivity contribution in [1.29, 1.82) is 0 Å². The van der Waals surface area contributed by atoms with Crippen LogP contribution >= 0.6 is 22.6 Å². The summed E-state index contributed by atoms with van der Waals surface area (Å²) in [6.07, 6.45) is 1.01. The van der Waals surface area contributed by atoms with Crippen LogP contribution in [0.4, 0.5) is 10.5 Å². The predicted octanol–water partition coefficient (Wildman–Crippen LogP) is 4.03. The number of amides is 2. The van der Waals surface area contributed by atoms with Crippen LogP contribution in [0, 0.1) is 3.57 Å². The SMILES string of the molecule is O=C(Nc1ccc(I)cc1)[C@@H]1CCCN1C(=O)OCc1ccccc1. The van der Waals surface area contributed by atoms with Crippen molar-refractivity contribution in [2.75, 3.05) is 11.9 Å². The van der Waals surface area contributed by atoms with Crippen molar-refractivity contribution in [2.24, 2.45) is 0 Å². The molecule has 2 aromatic carbocycles. The highest BCUT2D eigenvalue weighted by Crippen LogP contribution is 2.21. The van der Waals surface area contributed by atoms with E-state index in [1.807, 2.05) is 54.6 Å². The second-order valence-corrected chi connectivity index (χ2v) is 7.13. The Kier molecular flexibility index (Phi) is 5.91. The van der Waals surface area contributed by atoms with Gasteiger partial charge in [0, 0.05) is 15.8 Å². The van der Waals surface area contributed by atoms with E-state index in [0.717, 1.165) is 21.2 Å². The van der Waals surface area contributed by atoms with Crippen LogP contribution in [0.2, 0.25) is 0 Å². The van der Waals surface area contributed by atoms with Gasteiger partial charge in [0.2, 0.25) is 5.91 Å². The van der Waals surface area contributed by atoms with E-state index in [-0.39, 0.29) is 12.5 Å². The number of anilines is 1. The molecular formula is C19H19IN2O3. The maximum Gasteiger partial charge on any atom is 0.410 e. The number of ether oxygens (including phenoxy) is 1. The fraction of sp³-hybridized carbons (Fsp3) is 0.263. The van der Waals surface area contributed by atoms with Gasteiger partial charge in [-0.15, -0.1) is 0 Å². The van der Waals surface area contributed by atoms with Crippen molar-refractivity contribution in [3.63, 3.8) is 0 Å². The number of hydrogen-bond donors (Lipinski definition) is 1. The van der Waals surface area contributed by atoms with Gasteiger partial charge in [0.15, 0.2) is 0 Å².